The summed E-state index contributed by atoms with van der Waals surface area (Å²) in [6.45, 7) is 0. The van der Waals surface area contributed by atoms with E-state index in [0.717, 1.165) is 15.7 Å². The molecule has 0 N–H and O–H groups in total. The molecule has 0 spiro atoms. The Hall–Kier alpha value is -1.98. The normalized spacial score (nSPS) is 11.6. The average Bonchev–Trinajstić information content (AvgIpc) is 2.90. The van der Waals surface area contributed by atoms with Crippen LogP contribution in [0.3, 0.4) is 0 Å². The lowest BCUT2D eigenvalue weighted by Crippen LogP contribution is -2.14. The Morgan fingerprint density at radius 1 is 1.09 bits per heavy atom. The maximum Gasteiger partial charge on any atom is 0.279 e. The molecule has 110 valence electrons. The van der Waals surface area contributed by atoms with E-state index in [2.05, 4.69) is 20.9 Å². The first kappa shape index (κ1) is 14.9. The highest BCUT2D eigenvalue weighted by Crippen LogP contribution is 2.21. The van der Waals surface area contributed by atoms with Crippen molar-refractivity contribution >= 4 is 33.2 Å². The number of amides is 1. The predicted octanol–water partition coefficient (Wildman–Crippen LogP) is 4.26. The predicted molar refractivity (Wildman–Crippen MR) is 92.8 cm³/mol. The van der Waals surface area contributed by atoms with Crippen molar-refractivity contribution in [3.8, 4) is 11.3 Å². The Morgan fingerprint density at radius 3 is 2.45 bits per heavy atom. The van der Waals surface area contributed by atoms with Crippen LogP contribution in [0.2, 0.25) is 0 Å². The van der Waals surface area contributed by atoms with Crippen LogP contribution >= 0.6 is 27.3 Å². The minimum atomic E-state index is -0.222. The highest BCUT2D eigenvalue weighted by molar-refractivity contribution is 9.10. The summed E-state index contributed by atoms with van der Waals surface area (Å²) in [6, 6.07) is 17.2. The van der Waals surface area contributed by atoms with Gasteiger partial charge in [-0.3, -0.25) is 4.79 Å². The van der Waals surface area contributed by atoms with Gasteiger partial charge in [-0.05, 0) is 29.8 Å². The summed E-state index contributed by atoms with van der Waals surface area (Å²) in [7, 11) is 1.92. The zero-order chi connectivity index (χ0) is 15.5. The minimum Gasteiger partial charge on any atom is -0.319 e. The molecule has 1 heterocycles. The molecule has 1 aromatic heterocycles. The van der Waals surface area contributed by atoms with E-state index in [4.69, 9.17) is 0 Å². The summed E-state index contributed by atoms with van der Waals surface area (Å²) in [5.74, 6) is -0.222. The van der Waals surface area contributed by atoms with Crippen molar-refractivity contribution < 1.29 is 4.79 Å². The van der Waals surface area contributed by atoms with Crippen LogP contribution < -0.4 is 4.80 Å². The molecule has 0 fully saturated rings. The van der Waals surface area contributed by atoms with Gasteiger partial charge in [0.25, 0.3) is 5.91 Å². The maximum atomic E-state index is 12.2. The van der Waals surface area contributed by atoms with Gasteiger partial charge in [-0.2, -0.15) is 4.99 Å². The first-order valence-corrected chi connectivity index (χ1v) is 8.37. The number of carbonyl (C=O) groups is 1. The van der Waals surface area contributed by atoms with E-state index in [0.29, 0.717) is 10.4 Å². The van der Waals surface area contributed by atoms with E-state index in [9.17, 15) is 4.79 Å². The summed E-state index contributed by atoms with van der Waals surface area (Å²) < 4.78 is 2.98. The van der Waals surface area contributed by atoms with E-state index in [1.165, 1.54) is 11.3 Å². The summed E-state index contributed by atoms with van der Waals surface area (Å²) in [5.41, 5.74) is 2.73. The molecule has 0 unspecified atom stereocenters. The minimum absolute atomic E-state index is 0.222. The topological polar surface area (TPSA) is 34.4 Å². The fourth-order valence-electron chi connectivity index (χ4n) is 2.09. The molecule has 0 aliphatic heterocycles. The molecule has 0 radical (unpaired) electrons. The molecule has 3 rings (SSSR count). The van der Waals surface area contributed by atoms with E-state index in [-0.39, 0.29) is 5.91 Å². The number of hydrogen-bond acceptors (Lipinski definition) is 2. The van der Waals surface area contributed by atoms with Crippen LogP contribution in [0, 0.1) is 0 Å². The average molecular weight is 373 g/mol. The lowest BCUT2D eigenvalue weighted by atomic mass is 10.2. The Balaban J connectivity index is 1.98. The standard InChI is InChI=1S/C17H13BrN2OS/c1-20-15(12-7-9-14(18)10-8-12)11-22-17(20)19-16(21)13-5-3-2-4-6-13/h2-11H,1H3/b19-17-. The SMILES string of the molecule is Cn1c(-c2ccc(Br)cc2)cs/c1=N\C(=O)c1ccccc1. The fourth-order valence-corrected chi connectivity index (χ4v) is 3.25. The third-order valence-electron chi connectivity index (χ3n) is 3.28. The molecule has 0 atom stereocenters. The molecule has 3 aromatic rings. The van der Waals surface area contributed by atoms with Gasteiger partial charge < -0.3 is 4.57 Å². The van der Waals surface area contributed by atoms with Gasteiger partial charge in [-0.25, -0.2) is 0 Å². The van der Waals surface area contributed by atoms with Crippen molar-refractivity contribution in [2.45, 2.75) is 0 Å². The van der Waals surface area contributed by atoms with Gasteiger partial charge in [0.1, 0.15) is 0 Å². The molecule has 0 aliphatic rings. The molecule has 0 bridgehead atoms. The number of halogens is 1. The van der Waals surface area contributed by atoms with Crippen molar-refractivity contribution in [3.63, 3.8) is 0 Å². The number of thiazole rings is 1. The molecule has 0 saturated carbocycles. The molecule has 1 amide bonds. The fraction of sp³-hybridized carbons (Fsp3) is 0.0588. The number of rotatable bonds is 2. The second kappa shape index (κ2) is 6.42. The first-order valence-electron chi connectivity index (χ1n) is 6.70. The molecular formula is C17H13BrN2OS. The van der Waals surface area contributed by atoms with Crippen LogP contribution in [0.25, 0.3) is 11.3 Å². The quantitative estimate of drug-likeness (QED) is 0.661. The van der Waals surface area contributed by atoms with Crippen molar-refractivity contribution in [1.82, 2.24) is 4.57 Å². The van der Waals surface area contributed by atoms with Crippen molar-refractivity contribution in [2.24, 2.45) is 12.0 Å². The highest BCUT2D eigenvalue weighted by Gasteiger charge is 2.07. The van der Waals surface area contributed by atoms with E-state index < -0.39 is 0 Å². The van der Waals surface area contributed by atoms with Crippen LogP contribution in [-0.4, -0.2) is 10.5 Å². The Labute approximate surface area is 140 Å². The van der Waals surface area contributed by atoms with Gasteiger partial charge in [-0.1, -0.05) is 46.3 Å². The zero-order valence-electron chi connectivity index (χ0n) is 11.9. The number of hydrogen-bond donors (Lipinski definition) is 0. The Morgan fingerprint density at radius 2 is 1.77 bits per heavy atom. The first-order chi connectivity index (χ1) is 10.6. The van der Waals surface area contributed by atoms with E-state index in [1.807, 2.05) is 59.5 Å². The molecule has 0 saturated heterocycles. The van der Waals surface area contributed by atoms with Gasteiger partial charge in [0.2, 0.25) is 0 Å². The van der Waals surface area contributed by atoms with Gasteiger partial charge in [0, 0.05) is 22.5 Å². The number of nitrogens with zero attached hydrogens (tertiary/aromatic N) is 2. The third kappa shape index (κ3) is 3.10. The van der Waals surface area contributed by atoms with Crippen LogP contribution in [0.15, 0.2) is 69.4 Å². The van der Waals surface area contributed by atoms with Crippen molar-refractivity contribution in [1.29, 1.82) is 0 Å². The van der Waals surface area contributed by atoms with Gasteiger partial charge in [0.15, 0.2) is 4.80 Å². The Kier molecular flexibility index (Phi) is 4.36. The molecule has 0 aliphatic carbocycles. The van der Waals surface area contributed by atoms with E-state index >= 15 is 0 Å². The second-order valence-electron chi connectivity index (χ2n) is 4.75. The highest BCUT2D eigenvalue weighted by atomic mass is 79.9. The van der Waals surface area contributed by atoms with Crippen LogP contribution in [-0.2, 0) is 7.05 Å². The largest absolute Gasteiger partial charge is 0.319 e. The van der Waals surface area contributed by atoms with Crippen LogP contribution in [0.1, 0.15) is 10.4 Å². The summed E-state index contributed by atoms with van der Waals surface area (Å²) in [4.78, 5) is 17.1. The molecule has 5 heteroatoms. The number of benzene rings is 2. The van der Waals surface area contributed by atoms with Gasteiger partial charge in [-0.15, -0.1) is 11.3 Å². The zero-order valence-corrected chi connectivity index (χ0v) is 14.3. The third-order valence-corrected chi connectivity index (χ3v) is 4.73. The number of carbonyl (C=O) groups excluding carboxylic acids is 1. The smallest absolute Gasteiger partial charge is 0.279 e. The Bertz CT molecular complexity index is 864. The summed E-state index contributed by atoms with van der Waals surface area (Å²) >= 11 is 4.89. The van der Waals surface area contributed by atoms with Crippen molar-refractivity contribution in [3.05, 3.63) is 74.8 Å². The van der Waals surface area contributed by atoms with Crippen molar-refractivity contribution in [2.75, 3.05) is 0 Å². The molecular weight excluding hydrogens is 360 g/mol. The summed E-state index contributed by atoms with van der Waals surface area (Å²) in [5, 5.41) is 2.01. The molecule has 22 heavy (non-hydrogen) atoms. The molecule has 2 aromatic carbocycles. The van der Waals surface area contributed by atoms with Crippen LogP contribution in [0.4, 0.5) is 0 Å². The lowest BCUT2D eigenvalue weighted by molar-refractivity contribution is 0.0998. The monoisotopic (exact) mass is 372 g/mol. The molecule has 3 nitrogen and oxygen atoms in total. The van der Waals surface area contributed by atoms with E-state index in [1.54, 1.807) is 12.1 Å². The van der Waals surface area contributed by atoms with Crippen LogP contribution in [0.5, 0.6) is 0 Å². The number of aromatic nitrogens is 1. The maximum absolute atomic E-state index is 12.2. The summed E-state index contributed by atoms with van der Waals surface area (Å²) in [6.07, 6.45) is 0. The van der Waals surface area contributed by atoms with Gasteiger partial charge in [0.05, 0.1) is 5.69 Å². The second-order valence-corrected chi connectivity index (χ2v) is 6.50. The lowest BCUT2D eigenvalue weighted by Gasteiger charge is -2.02. The van der Waals surface area contributed by atoms with Gasteiger partial charge >= 0.3 is 0 Å².